The summed E-state index contributed by atoms with van der Waals surface area (Å²) in [6.07, 6.45) is 0.743. The fraction of sp³-hybridized carbons (Fsp3) is 0.222. The Bertz CT molecular complexity index is 344. The van der Waals surface area contributed by atoms with Crippen LogP contribution >= 0.6 is 0 Å². The van der Waals surface area contributed by atoms with Crippen LogP contribution in [0.2, 0.25) is 0 Å². The van der Waals surface area contributed by atoms with Gasteiger partial charge in [0.2, 0.25) is 0 Å². The summed E-state index contributed by atoms with van der Waals surface area (Å²) in [5.74, 6) is 1.54. The lowest BCUT2D eigenvalue weighted by molar-refractivity contribution is 0.414. The van der Waals surface area contributed by atoms with Crippen molar-refractivity contribution in [1.29, 1.82) is 0 Å². The van der Waals surface area contributed by atoms with Crippen molar-refractivity contribution in [2.24, 2.45) is 10.7 Å². The monoisotopic (exact) mass is 162 g/mol. The van der Waals surface area contributed by atoms with E-state index in [1.807, 2.05) is 18.2 Å². The van der Waals surface area contributed by atoms with Crippen molar-refractivity contribution in [2.45, 2.75) is 6.42 Å². The second kappa shape index (κ2) is 2.52. The number of nitrogens with two attached hydrogens (primary N) is 1. The van der Waals surface area contributed by atoms with Crippen LogP contribution in [0.15, 0.2) is 23.2 Å². The largest absolute Gasteiger partial charge is 0.497 e. The maximum absolute atomic E-state index is 5.59. The Balaban J connectivity index is 2.42. The lowest BCUT2D eigenvalue weighted by Gasteiger charge is -2.01. The third-order valence-corrected chi connectivity index (χ3v) is 1.92. The zero-order chi connectivity index (χ0) is 8.55. The van der Waals surface area contributed by atoms with Crippen LogP contribution < -0.4 is 10.5 Å². The van der Waals surface area contributed by atoms with E-state index in [2.05, 4.69) is 4.99 Å². The first-order valence-corrected chi connectivity index (χ1v) is 3.79. The molecule has 0 atom stereocenters. The first-order chi connectivity index (χ1) is 5.79. The number of rotatable bonds is 1. The minimum absolute atomic E-state index is 0.679. The van der Waals surface area contributed by atoms with E-state index in [0.717, 1.165) is 23.4 Å². The topological polar surface area (TPSA) is 47.6 Å². The molecule has 2 rings (SSSR count). The average Bonchev–Trinajstić information content (AvgIpc) is 2.43. The molecule has 0 aliphatic carbocycles. The van der Waals surface area contributed by atoms with Gasteiger partial charge in [0.1, 0.15) is 11.6 Å². The van der Waals surface area contributed by atoms with Crippen LogP contribution in [0.25, 0.3) is 0 Å². The molecule has 3 heteroatoms. The first kappa shape index (κ1) is 7.16. The van der Waals surface area contributed by atoms with Gasteiger partial charge in [-0.25, -0.2) is 4.99 Å². The highest BCUT2D eigenvalue weighted by Crippen LogP contribution is 2.28. The fourth-order valence-corrected chi connectivity index (χ4v) is 1.33. The van der Waals surface area contributed by atoms with Crippen molar-refractivity contribution < 1.29 is 4.74 Å². The smallest absolute Gasteiger partial charge is 0.119 e. The third kappa shape index (κ3) is 1.03. The predicted octanol–water partition coefficient (Wildman–Crippen LogP) is 1.24. The minimum atomic E-state index is 0.679. The number of methoxy groups -OCH3 is 1. The van der Waals surface area contributed by atoms with Crippen LogP contribution in [0.4, 0.5) is 5.69 Å². The normalized spacial score (nSPS) is 13.9. The van der Waals surface area contributed by atoms with Gasteiger partial charge in [-0.05, 0) is 23.8 Å². The molecule has 2 N–H and O–H groups in total. The van der Waals surface area contributed by atoms with E-state index in [1.165, 1.54) is 0 Å². The Hall–Kier alpha value is -1.51. The minimum Gasteiger partial charge on any atom is -0.497 e. The van der Waals surface area contributed by atoms with Crippen molar-refractivity contribution in [3.63, 3.8) is 0 Å². The maximum atomic E-state index is 5.59. The highest BCUT2D eigenvalue weighted by molar-refractivity contribution is 5.91. The summed E-state index contributed by atoms with van der Waals surface area (Å²) in [6.45, 7) is 0. The molecule has 0 spiro atoms. The molecule has 62 valence electrons. The molecule has 1 aromatic rings. The highest BCUT2D eigenvalue weighted by atomic mass is 16.5. The van der Waals surface area contributed by atoms with Gasteiger partial charge in [-0.15, -0.1) is 0 Å². The van der Waals surface area contributed by atoms with Gasteiger partial charge in [-0.2, -0.15) is 0 Å². The van der Waals surface area contributed by atoms with Crippen LogP contribution in [0, 0.1) is 0 Å². The Morgan fingerprint density at radius 2 is 2.33 bits per heavy atom. The molecule has 3 nitrogen and oxygen atoms in total. The molecule has 1 aliphatic rings. The summed E-state index contributed by atoms with van der Waals surface area (Å²) in [5, 5.41) is 0. The number of ether oxygens (including phenoxy) is 1. The van der Waals surface area contributed by atoms with Gasteiger partial charge in [0.15, 0.2) is 0 Å². The molecule has 0 saturated heterocycles. The lowest BCUT2D eigenvalue weighted by atomic mass is 10.1. The van der Waals surface area contributed by atoms with E-state index < -0.39 is 0 Å². The number of aliphatic imine (C=N–C) groups is 1. The summed E-state index contributed by atoms with van der Waals surface area (Å²) in [4.78, 5) is 4.17. The molecule has 0 aromatic heterocycles. The molecule has 0 fully saturated rings. The van der Waals surface area contributed by atoms with Gasteiger partial charge in [-0.3, -0.25) is 0 Å². The van der Waals surface area contributed by atoms with Crippen LogP contribution in [0.1, 0.15) is 5.56 Å². The molecule has 0 radical (unpaired) electrons. The van der Waals surface area contributed by atoms with Crippen molar-refractivity contribution >= 4 is 11.5 Å². The van der Waals surface area contributed by atoms with Crippen molar-refractivity contribution in [2.75, 3.05) is 7.11 Å². The Kier molecular flexibility index (Phi) is 1.50. The summed E-state index contributed by atoms with van der Waals surface area (Å²) in [5.41, 5.74) is 7.70. The predicted molar refractivity (Wildman–Crippen MR) is 48.0 cm³/mol. The van der Waals surface area contributed by atoms with E-state index in [4.69, 9.17) is 10.5 Å². The molecular formula is C9H10N2O. The van der Waals surface area contributed by atoms with Crippen LogP contribution in [-0.2, 0) is 6.42 Å². The molecule has 1 aromatic carbocycles. The van der Waals surface area contributed by atoms with Gasteiger partial charge >= 0.3 is 0 Å². The van der Waals surface area contributed by atoms with Crippen LogP contribution in [0.3, 0.4) is 0 Å². The summed E-state index contributed by atoms with van der Waals surface area (Å²) < 4.78 is 5.08. The first-order valence-electron chi connectivity index (χ1n) is 3.79. The van der Waals surface area contributed by atoms with E-state index in [1.54, 1.807) is 7.11 Å². The summed E-state index contributed by atoms with van der Waals surface area (Å²) >= 11 is 0. The zero-order valence-corrected chi connectivity index (χ0v) is 6.87. The number of amidine groups is 1. The van der Waals surface area contributed by atoms with Gasteiger partial charge in [0, 0.05) is 6.42 Å². The molecule has 0 unspecified atom stereocenters. The van der Waals surface area contributed by atoms with Crippen LogP contribution in [0.5, 0.6) is 5.75 Å². The van der Waals surface area contributed by atoms with E-state index in [9.17, 15) is 0 Å². The lowest BCUT2D eigenvalue weighted by Crippen LogP contribution is -2.09. The van der Waals surface area contributed by atoms with Gasteiger partial charge in [0.25, 0.3) is 0 Å². The van der Waals surface area contributed by atoms with Gasteiger partial charge in [0.05, 0.1) is 12.8 Å². The molecule has 0 amide bonds. The Labute approximate surface area is 70.9 Å². The quantitative estimate of drug-likeness (QED) is 0.675. The number of benzene rings is 1. The molecule has 12 heavy (non-hydrogen) atoms. The Morgan fingerprint density at radius 1 is 1.50 bits per heavy atom. The third-order valence-electron chi connectivity index (χ3n) is 1.92. The standard InChI is InChI=1S/C9H10N2O/c1-12-7-2-3-8-6(4-7)5-9(10)11-8/h2-4H,5H2,1H3,(H2,10,11). The second-order valence-corrected chi connectivity index (χ2v) is 2.77. The molecule has 1 aliphatic heterocycles. The summed E-state index contributed by atoms with van der Waals surface area (Å²) in [6, 6.07) is 5.79. The number of hydrogen-bond acceptors (Lipinski definition) is 3. The van der Waals surface area contributed by atoms with Gasteiger partial charge in [-0.1, -0.05) is 0 Å². The number of fused-ring (bicyclic) bond motifs is 1. The number of hydrogen-bond donors (Lipinski definition) is 1. The number of nitrogens with zero attached hydrogens (tertiary/aromatic N) is 1. The van der Waals surface area contributed by atoms with E-state index >= 15 is 0 Å². The molecular weight excluding hydrogens is 152 g/mol. The second-order valence-electron chi connectivity index (χ2n) is 2.77. The fourth-order valence-electron chi connectivity index (χ4n) is 1.33. The van der Waals surface area contributed by atoms with Crippen molar-refractivity contribution in [3.8, 4) is 5.75 Å². The zero-order valence-electron chi connectivity index (χ0n) is 6.87. The SMILES string of the molecule is COc1ccc2c(c1)CC(N)=N2. The van der Waals surface area contributed by atoms with Crippen LogP contribution in [-0.4, -0.2) is 12.9 Å². The molecule has 0 bridgehead atoms. The maximum Gasteiger partial charge on any atom is 0.119 e. The van der Waals surface area contributed by atoms with Crippen molar-refractivity contribution in [3.05, 3.63) is 23.8 Å². The van der Waals surface area contributed by atoms with Gasteiger partial charge < -0.3 is 10.5 Å². The molecule has 1 heterocycles. The van der Waals surface area contributed by atoms with E-state index in [-0.39, 0.29) is 0 Å². The summed E-state index contributed by atoms with van der Waals surface area (Å²) in [7, 11) is 1.65. The highest BCUT2D eigenvalue weighted by Gasteiger charge is 2.11. The molecule has 0 saturated carbocycles. The van der Waals surface area contributed by atoms with Crippen molar-refractivity contribution in [1.82, 2.24) is 0 Å². The Morgan fingerprint density at radius 3 is 3.08 bits per heavy atom. The average molecular weight is 162 g/mol. The van der Waals surface area contributed by atoms with E-state index in [0.29, 0.717) is 5.84 Å².